The molecule has 2 N–H and O–H groups in total. The molecule has 1 saturated heterocycles. The van der Waals surface area contributed by atoms with Crippen LogP contribution in [0.15, 0.2) is 23.2 Å². The Labute approximate surface area is 174 Å². The number of aryl methyl sites for hydroxylation is 1. The van der Waals surface area contributed by atoms with E-state index >= 15 is 0 Å². The molecule has 6 nitrogen and oxygen atoms in total. The fraction of sp³-hybridized carbons (Fsp3) is 0.632. The van der Waals surface area contributed by atoms with Crippen LogP contribution in [0.25, 0.3) is 0 Å². The number of hydrogen-bond acceptors (Lipinski definition) is 4. The lowest BCUT2D eigenvalue weighted by molar-refractivity contribution is 0.117. The quantitative estimate of drug-likeness (QED) is 0.248. The molecular weight excluding hydrogens is 445 g/mol. The fourth-order valence-corrected chi connectivity index (χ4v) is 2.86. The second kappa shape index (κ2) is 13.0. The molecule has 1 aliphatic rings. The average Bonchev–Trinajstić information content (AvgIpc) is 3.16. The number of guanidine groups is 1. The van der Waals surface area contributed by atoms with Gasteiger partial charge in [-0.3, -0.25) is 4.99 Å². The maximum Gasteiger partial charge on any atom is 0.191 e. The maximum atomic E-state index is 5.62. The summed E-state index contributed by atoms with van der Waals surface area (Å²) in [6.45, 7) is 5.39. The van der Waals surface area contributed by atoms with E-state index in [-0.39, 0.29) is 30.1 Å². The van der Waals surface area contributed by atoms with Gasteiger partial charge in [0.25, 0.3) is 0 Å². The lowest BCUT2D eigenvalue weighted by atomic mass is 10.1. The predicted octanol–water partition coefficient (Wildman–Crippen LogP) is 2.99. The number of methoxy groups -OCH3 is 2. The van der Waals surface area contributed by atoms with Crippen LogP contribution < -0.4 is 20.1 Å². The molecule has 1 aromatic carbocycles. The molecule has 0 amide bonds. The third kappa shape index (κ3) is 7.57. The van der Waals surface area contributed by atoms with Gasteiger partial charge in [-0.2, -0.15) is 0 Å². The molecule has 1 unspecified atom stereocenters. The van der Waals surface area contributed by atoms with E-state index in [4.69, 9.17) is 14.2 Å². The van der Waals surface area contributed by atoms with Crippen LogP contribution in [0.1, 0.15) is 31.7 Å². The Hall–Kier alpha value is -1.22. The molecule has 1 atom stereocenters. The lowest BCUT2D eigenvalue weighted by Gasteiger charge is -2.13. The van der Waals surface area contributed by atoms with Gasteiger partial charge in [0.1, 0.15) is 0 Å². The lowest BCUT2D eigenvalue weighted by Crippen LogP contribution is -2.38. The summed E-state index contributed by atoms with van der Waals surface area (Å²) in [5.74, 6) is 2.41. The van der Waals surface area contributed by atoms with E-state index in [0.717, 1.165) is 69.4 Å². The first-order valence-electron chi connectivity index (χ1n) is 9.11. The van der Waals surface area contributed by atoms with Gasteiger partial charge in [-0.05, 0) is 50.3 Å². The largest absolute Gasteiger partial charge is 0.493 e. The number of nitrogens with one attached hydrogen (secondary N) is 2. The predicted molar refractivity (Wildman–Crippen MR) is 116 cm³/mol. The third-order valence-electron chi connectivity index (χ3n) is 4.20. The van der Waals surface area contributed by atoms with Gasteiger partial charge in [-0.1, -0.05) is 6.07 Å². The molecule has 0 aromatic heterocycles. The van der Waals surface area contributed by atoms with E-state index in [1.165, 1.54) is 5.56 Å². The van der Waals surface area contributed by atoms with Crippen molar-refractivity contribution in [3.05, 3.63) is 23.8 Å². The van der Waals surface area contributed by atoms with Crippen molar-refractivity contribution in [2.75, 3.05) is 40.5 Å². The summed E-state index contributed by atoms with van der Waals surface area (Å²) in [6.07, 6.45) is 4.53. The summed E-state index contributed by atoms with van der Waals surface area (Å²) in [4.78, 5) is 4.62. The number of hydrogen-bond donors (Lipinski definition) is 2. The number of halogens is 1. The SMILES string of the molecule is CCNC(=NCC1CCCO1)NCCCc1ccc(OC)c(OC)c1.I. The fourth-order valence-electron chi connectivity index (χ4n) is 2.86. The van der Waals surface area contributed by atoms with Gasteiger partial charge < -0.3 is 24.8 Å². The van der Waals surface area contributed by atoms with Crippen LogP contribution in [0.5, 0.6) is 11.5 Å². The number of aliphatic imine (C=N–C) groups is 1. The van der Waals surface area contributed by atoms with Crippen molar-refractivity contribution in [3.63, 3.8) is 0 Å². The highest BCUT2D eigenvalue weighted by Gasteiger charge is 2.14. The maximum absolute atomic E-state index is 5.62. The third-order valence-corrected chi connectivity index (χ3v) is 4.20. The summed E-state index contributed by atoms with van der Waals surface area (Å²) >= 11 is 0. The summed E-state index contributed by atoms with van der Waals surface area (Å²) in [7, 11) is 3.32. The number of rotatable bonds is 9. The highest BCUT2D eigenvalue weighted by Crippen LogP contribution is 2.27. The average molecular weight is 477 g/mol. The molecule has 0 aliphatic carbocycles. The highest BCUT2D eigenvalue weighted by molar-refractivity contribution is 14.0. The first kappa shape index (κ1) is 22.8. The zero-order chi connectivity index (χ0) is 17.9. The van der Waals surface area contributed by atoms with Gasteiger partial charge in [0.15, 0.2) is 17.5 Å². The van der Waals surface area contributed by atoms with Crippen LogP contribution in [-0.4, -0.2) is 52.5 Å². The minimum absolute atomic E-state index is 0. The molecule has 0 saturated carbocycles. The van der Waals surface area contributed by atoms with E-state index in [2.05, 4.69) is 28.6 Å². The van der Waals surface area contributed by atoms with Crippen LogP contribution in [0.4, 0.5) is 0 Å². The summed E-state index contributed by atoms with van der Waals surface area (Å²) < 4.78 is 16.2. The molecule has 1 heterocycles. The molecule has 0 bridgehead atoms. The summed E-state index contributed by atoms with van der Waals surface area (Å²) in [5, 5.41) is 6.68. The number of nitrogens with zero attached hydrogens (tertiary/aromatic N) is 1. The van der Waals surface area contributed by atoms with E-state index < -0.39 is 0 Å². The van der Waals surface area contributed by atoms with Crippen LogP contribution in [0.3, 0.4) is 0 Å². The monoisotopic (exact) mass is 477 g/mol. The van der Waals surface area contributed by atoms with Crippen molar-refractivity contribution in [2.24, 2.45) is 4.99 Å². The highest BCUT2D eigenvalue weighted by atomic mass is 127. The van der Waals surface area contributed by atoms with Gasteiger partial charge in [-0.25, -0.2) is 0 Å². The van der Waals surface area contributed by atoms with E-state index in [1.54, 1.807) is 14.2 Å². The van der Waals surface area contributed by atoms with Crippen LogP contribution in [0, 0.1) is 0 Å². The van der Waals surface area contributed by atoms with Crippen molar-refractivity contribution < 1.29 is 14.2 Å². The molecule has 0 spiro atoms. The zero-order valence-corrected chi connectivity index (χ0v) is 18.4. The van der Waals surface area contributed by atoms with Crippen LogP contribution in [0.2, 0.25) is 0 Å². The Balaban J connectivity index is 0.00000338. The van der Waals surface area contributed by atoms with Gasteiger partial charge >= 0.3 is 0 Å². The Morgan fingerprint density at radius 2 is 2.04 bits per heavy atom. The summed E-state index contributed by atoms with van der Waals surface area (Å²) in [5.41, 5.74) is 1.24. The summed E-state index contributed by atoms with van der Waals surface area (Å²) in [6, 6.07) is 6.07. The molecular formula is C19H32IN3O3. The van der Waals surface area contributed by atoms with Crippen LogP contribution in [-0.2, 0) is 11.2 Å². The minimum Gasteiger partial charge on any atom is -0.493 e. The Kier molecular flexibility index (Phi) is 11.4. The molecule has 1 aliphatic heterocycles. The topological polar surface area (TPSA) is 64.1 Å². The molecule has 1 aromatic rings. The molecule has 7 heteroatoms. The second-order valence-corrected chi connectivity index (χ2v) is 6.07. The van der Waals surface area contributed by atoms with Gasteiger partial charge in [-0.15, -0.1) is 24.0 Å². The van der Waals surface area contributed by atoms with Gasteiger partial charge in [0.2, 0.25) is 0 Å². The number of ether oxygens (including phenoxy) is 3. The normalized spacial score (nSPS) is 16.7. The Morgan fingerprint density at radius 1 is 1.23 bits per heavy atom. The molecule has 148 valence electrons. The van der Waals surface area contributed by atoms with Crippen molar-refractivity contribution in [1.82, 2.24) is 10.6 Å². The van der Waals surface area contributed by atoms with Gasteiger partial charge in [0.05, 0.1) is 26.9 Å². The Morgan fingerprint density at radius 3 is 2.69 bits per heavy atom. The molecule has 0 radical (unpaired) electrons. The van der Waals surface area contributed by atoms with Crippen molar-refractivity contribution >= 4 is 29.9 Å². The van der Waals surface area contributed by atoms with Crippen molar-refractivity contribution in [2.45, 2.75) is 38.7 Å². The smallest absolute Gasteiger partial charge is 0.191 e. The Bertz CT molecular complexity index is 549. The first-order chi connectivity index (χ1) is 12.3. The standard InChI is InChI=1S/C19H31N3O3.HI/c1-4-20-19(22-14-16-8-6-12-25-16)21-11-5-7-15-9-10-17(23-2)18(13-15)24-3;/h9-10,13,16H,4-8,11-12,14H2,1-3H3,(H2,20,21,22);1H. The molecule has 1 fully saturated rings. The van der Waals surface area contributed by atoms with E-state index in [9.17, 15) is 0 Å². The van der Waals surface area contributed by atoms with Crippen LogP contribution >= 0.6 is 24.0 Å². The zero-order valence-electron chi connectivity index (χ0n) is 16.0. The first-order valence-corrected chi connectivity index (χ1v) is 9.11. The van der Waals surface area contributed by atoms with E-state index in [1.807, 2.05) is 12.1 Å². The van der Waals surface area contributed by atoms with Crippen molar-refractivity contribution in [1.29, 1.82) is 0 Å². The second-order valence-electron chi connectivity index (χ2n) is 6.07. The van der Waals surface area contributed by atoms with Crippen molar-refractivity contribution in [3.8, 4) is 11.5 Å². The van der Waals surface area contributed by atoms with Gasteiger partial charge in [0, 0.05) is 19.7 Å². The molecule has 26 heavy (non-hydrogen) atoms. The minimum atomic E-state index is 0. The number of benzene rings is 1. The van der Waals surface area contributed by atoms with E-state index in [0.29, 0.717) is 0 Å². The molecule has 2 rings (SSSR count).